The van der Waals surface area contributed by atoms with Crippen LogP contribution in [0.4, 0.5) is 10.1 Å². The Labute approximate surface area is 95.7 Å². The summed E-state index contributed by atoms with van der Waals surface area (Å²) in [5.41, 5.74) is 0.713. The van der Waals surface area contributed by atoms with E-state index in [1.807, 2.05) is 12.1 Å². The van der Waals surface area contributed by atoms with Gasteiger partial charge in [0.05, 0.1) is 5.69 Å². The molecule has 0 spiro atoms. The highest BCUT2D eigenvalue weighted by Crippen LogP contribution is 2.26. The van der Waals surface area contributed by atoms with Crippen molar-refractivity contribution in [3.63, 3.8) is 0 Å². The van der Waals surface area contributed by atoms with E-state index >= 15 is 0 Å². The Morgan fingerprint density at radius 3 is 2.56 bits per heavy atom. The zero-order valence-corrected chi connectivity index (χ0v) is 9.40. The molecule has 2 rings (SSSR count). The van der Waals surface area contributed by atoms with Gasteiger partial charge < -0.3 is 10.0 Å². The molecule has 1 saturated heterocycles. The molecule has 0 unspecified atom stereocenters. The monoisotopic (exact) mass is 223 g/mol. The molecule has 1 N–H and O–H groups in total. The Morgan fingerprint density at radius 1 is 1.25 bits per heavy atom. The molecule has 2 nitrogen and oxygen atoms in total. The topological polar surface area (TPSA) is 23.5 Å². The van der Waals surface area contributed by atoms with Crippen molar-refractivity contribution in [2.24, 2.45) is 5.92 Å². The molecule has 0 saturated carbocycles. The van der Waals surface area contributed by atoms with Crippen molar-refractivity contribution in [1.29, 1.82) is 0 Å². The van der Waals surface area contributed by atoms with Crippen molar-refractivity contribution in [2.75, 3.05) is 24.6 Å². The predicted molar refractivity (Wildman–Crippen MR) is 63.0 cm³/mol. The number of benzene rings is 1. The average Bonchev–Trinajstić information content (AvgIpc) is 2.31. The van der Waals surface area contributed by atoms with E-state index in [-0.39, 0.29) is 12.4 Å². The van der Waals surface area contributed by atoms with Crippen LogP contribution in [-0.2, 0) is 0 Å². The van der Waals surface area contributed by atoms with E-state index in [4.69, 9.17) is 5.11 Å². The molecule has 88 valence electrons. The molecule has 0 bridgehead atoms. The summed E-state index contributed by atoms with van der Waals surface area (Å²) < 4.78 is 13.5. The number of anilines is 1. The van der Waals surface area contributed by atoms with Crippen LogP contribution in [-0.4, -0.2) is 24.8 Å². The van der Waals surface area contributed by atoms with Crippen LogP contribution in [0.5, 0.6) is 0 Å². The van der Waals surface area contributed by atoms with Crippen LogP contribution in [0.2, 0.25) is 0 Å². The Hall–Kier alpha value is -1.09. The molecule has 1 aromatic carbocycles. The van der Waals surface area contributed by atoms with Crippen LogP contribution in [0.3, 0.4) is 0 Å². The van der Waals surface area contributed by atoms with Crippen LogP contribution in [0.25, 0.3) is 0 Å². The van der Waals surface area contributed by atoms with E-state index in [1.54, 1.807) is 6.07 Å². The molecular weight excluding hydrogens is 205 g/mol. The van der Waals surface area contributed by atoms with Gasteiger partial charge in [-0.1, -0.05) is 12.1 Å². The molecule has 0 aromatic heterocycles. The number of halogens is 1. The van der Waals surface area contributed by atoms with Crippen LogP contribution in [0.15, 0.2) is 24.3 Å². The highest BCUT2D eigenvalue weighted by atomic mass is 19.1. The van der Waals surface area contributed by atoms with Gasteiger partial charge in [-0.25, -0.2) is 4.39 Å². The van der Waals surface area contributed by atoms with E-state index in [2.05, 4.69) is 4.90 Å². The average molecular weight is 223 g/mol. The normalized spacial score (nSPS) is 17.8. The predicted octanol–water partition coefficient (Wildman–Crippen LogP) is 2.42. The quantitative estimate of drug-likeness (QED) is 0.850. The first-order valence-electron chi connectivity index (χ1n) is 5.91. The SMILES string of the molecule is OCCC1CCN(c2ccccc2F)CC1. The molecule has 0 amide bonds. The lowest BCUT2D eigenvalue weighted by atomic mass is 9.93. The van der Waals surface area contributed by atoms with Crippen molar-refractivity contribution in [1.82, 2.24) is 0 Å². The maximum Gasteiger partial charge on any atom is 0.146 e. The number of aliphatic hydroxyl groups is 1. The van der Waals surface area contributed by atoms with Crippen molar-refractivity contribution in [3.8, 4) is 0 Å². The second-order valence-electron chi connectivity index (χ2n) is 4.39. The lowest BCUT2D eigenvalue weighted by molar-refractivity contribution is 0.240. The zero-order valence-electron chi connectivity index (χ0n) is 9.40. The fraction of sp³-hybridized carbons (Fsp3) is 0.538. The smallest absolute Gasteiger partial charge is 0.146 e. The minimum atomic E-state index is -0.136. The van der Waals surface area contributed by atoms with Crippen molar-refractivity contribution >= 4 is 5.69 Å². The third kappa shape index (κ3) is 2.53. The van der Waals surface area contributed by atoms with E-state index in [1.165, 1.54) is 6.07 Å². The number of rotatable bonds is 3. The molecule has 0 radical (unpaired) electrons. The second-order valence-corrected chi connectivity index (χ2v) is 4.39. The van der Waals surface area contributed by atoms with Gasteiger partial charge in [0.15, 0.2) is 0 Å². The molecule has 0 aliphatic carbocycles. The van der Waals surface area contributed by atoms with Gasteiger partial charge in [0, 0.05) is 19.7 Å². The highest BCUT2D eigenvalue weighted by molar-refractivity contribution is 5.47. The van der Waals surface area contributed by atoms with Crippen LogP contribution in [0.1, 0.15) is 19.3 Å². The lowest BCUT2D eigenvalue weighted by Crippen LogP contribution is -2.34. The van der Waals surface area contributed by atoms with Gasteiger partial charge in [-0.15, -0.1) is 0 Å². The fourth-order valence-electron chi connectivity index (χ4n) is 2.35. The largest absolute Gasteiger partial charge is 0.396 e. The summed E-state index contributed by atoms with van der Waals surface area (Å²) in [7, 11) is 0. The van der Waals surface area contributed by atoms with E-state index in [0.717, 1.165) is 32.4 Å². The molecule has 3 heteroatoms. The maximum absolute atomic E-state index is 13.5. The lowest BCUT2D eigenvalue weighted by Gasteiger charge is -2.33. The molecule has 16 heavy (non-hydrogen) atoms. The number of hydrogen-bond acceptors (Lipinski definition) is 2. The summed E-state index contributed by atoms with van der Waals surface area (Å²) >= 11 is 0. The molecular formula is C13H18FNO. The number of nitrogens with zero attached hydrogens (tertiary/aromatic N) is 1. The summed E-state index contributed by atoms with van der Waals surface area (Å²) in [4.78, 5) is 2.10. The number of para-hydroxylation sites is 1. The standard InChI is InChI=1S/C13H18FNO/c14-12-3-1-2-4-13(12)15-8-5-11(6-9-15)7-10-16/h1-4,11,16H,5-10H2. The molecule has 1 fully saturated rings. The Morgan fingerprint density at radius 2 is 1.94 bits per heavy atom. The minimum absolute atomic E-state index is 0.136. The van der Waals surface area contributed by atoms with Crippen LogP contribution >= 0.6 is 0 Å². The highest BCUT2D eigenvalue weighted by Gasteiger charge is 2.20. The van der Waals surface area contributed by atoms with Gasteiger partial charge in [-0.2, -0.15) is 0 Å². The van der Waals surface area contributed by atoms with Crippen LogP contribution in [0, 0.1) is 11.7 Å². The number of piperidine rings is 1. The van der Waals surface area contributed by atoms with E-state index in [9.17, 15) is 4.39 Å². The first-order chi connectivity index (χ1) is 7.81. The summed E-state index contributed by atoms with van der Waals surface area (Å²) in [5, 5.41) is 8.87. The Balaban J connectivity index is 1.96. The fourth-order valence-corrected chi connectivity index (χ4v) is 2.35. The molecule has 1 aliphatic rings. The molecule has 1 aromatic rings. The summed E-state index contributed by atoms with van der Waals surface area (Å²) in [6.45, 7) is 2.06. The third-order valence-electron chi connectivity index (χ3n) is 3.35. The second kappa shape index (κ2) is 5.30. The van der Waals surface area contributed by atoms with Gasteiger partial charge in [0.2, 0.25) is 0 Å². The van der Waals surface area contributed by atoms with Gasteiger partial charge >= 0.3 is 0 Å². The van der Waals surface area contributed by atoms with Gasteiger partial charge in [-0.05, 0) is 37.3 Å². The van der Waals surface area contributed by atoms with Crippen molar-refractivity contribution in [2.45, 2.75) is 19.3 Å². The summed E-state index contributed by atoms with van der Waals surface area (Å²) in [6, 6.07) is 6.94. The van der Waals surface area contributed by atoms with E-state index < -0.39 is 0 Å². The van der Waals surface area contributed by atoms with Crippen LogP contribution < -0.4 is 4.90 Å². The Bertz CT molecular complexity index is 334. The maximum atomic E-state index is 13.5. The van der Waals surface area contributed by atoms with E-state index in [0.29, 0.717) is 11.6 Å². The third-order valence-corrected chi connectivity index (χ3v) is 3.35. The number of hydrogen-bond donors (Lipinski definition) is 1. The minimum Gasteiger partial charge on any atom is -0.396 e. The van der Waals surface area contributed by atoms with Gasteiger partial charge in [0.1, 0.15) is 5.82 Å². The van der Waals surface area contributed by atoms with Gasteiger partial charge in [-0.3, -0.25) is 0 Å². The molecule has 1 aliphatic heterocycles. The first kappa shape index (κ1) is 11.4. The van der Waals surface area contributed by atoms with Crippen molar-refractivity contribution < 1.29 is 9.50 Å². The summed E-state index contributed by atoms with van der Waals surface area (Å²) in [6.07, 6.45) is 2.98. The Kier molecular flexibility index (Phi) is 3.78. The zero-order chi connectivity index (χ0) is 11.4. The first-order valence-corrected chi connectivity index (χ1v) is 5.91. The van der Waals surface area contributed by atoms with Gasteiger partial charge in [0.25, 0.3) is 0 Å². The molecule has 1 heterocycles. The summed E-state index contributed by atoms with van der Waals surface area (Å²) in [5.74, 6) is 0.469. The van der Waals surface area contributed by atoms with Crippen molar-refractivity contribution in [3.05, 3.63) is 30.1 Å². The number of aliphatic hydroxyl groups excluding tert-OH is 1. The molecule has 0 atom stereocenters.